The van der Waals surface area contributed by atoms with Crippen molar-refractivity contribution in [2.24, 2.45) is 4.99 Å². The Morgan fingerprint density at radius 2 is 1.91 bits per heavy atom. The Balaban J connectivity index is 1.26. The van der Waals surface area contributed by atoms with E-state index in [1.807, 2.05) is 48.5 Å². The summed E-state index contributed by atoms with van der Waals surface area (Å²) in [5, 5.41) is 19.9. The molecule has 1 aliphatic rings. The van der Waals surface area contributed by atoms with Gasteiger partial charge in [-0.15, -0.1) is 32.2 Å². The summed E-state index contributed by atoms with van der Waals surface area (Å²) in [5.74, 6) is 0.408. The fraction of sp³-hybridized carbons (Fsp3) is 0.143. The molecule has 3 aromatic heterocycles. The van der Waals surface area contributed by atoms with Crippen LogP contribution in [0.2, 0.25) is 5.02 Å². The van der Waals surface area contributed by atoms with Gasteiger partial charge in [-0.3, -0.25) is 9.69 Å². The number of hydrogen-bond acceptors (Lipinski definition) is 9. The summed E-state index contributed by atoms with van der Waals surface area (Å²) in [6.45, 7) is 0.315. The van der Waals surface area contributed by atoms with E-state index < -0.39 is 0 Å². The number of carbonyl (C=O) groups excluding carboxylic acids is 1. The van der Waals surface area contributed by atoms with E-state index in [2.05, 4.69) is 30.4 Å². The van der Waals surface area contributed by atoms with Crippen LogP contribution in [0.25, 0.3) is 21.3 Å². The number of carbonyl (C=O) groups is 1. The van der Waals surface area contributed by atoms with Crippen molar-refractivity contribution in [1.29, 1.82) is 0 Å². The maximum Gasteiger partial charge on any atom is 0.240 e. The fourth-order valence-corrected chi connectivity index (χ4v) is 6.55. The van der Waals surface area contributed by atoms with Crippen LogP contribution in [0.4, 0.5) is 5.13 Å². The maximum atomic E-state index is 12.6. The lowest BCUT2D eigenvalue weighted by molar-refractivity contribution is -0.115. The second-order valence-electron chi connectivity index (χ2n) is 7.21. The second-order valence-corrected chi connectivity index (χ2v) is 10.7. The van der Waals surface area contributed by atoms with Crippen LogP contribution < -0.4 is 9.70 Å². The number of amides is 1. The van der Waals surface area contributed by atoms with Crippen LogP contribution in [0.1, 0.15) is 15.9 Å². The van der Waals surface area contributed by atoms with Crippen LogP contribution in [-0.2, 0) is 11.3 Å². The number of aromatic amines is 1. The summed E-state index contributed by atoms with van der Waals surface area (Å²) in [4.78, 5) is 23.7. The molecule has 0 aliphatic carbocycles. The largest absolute Gasteiger partial charge is 0.345 e. The van der Waals surface area contributed by atoms with Crippen LogP contribution in [0.15, 0.2) is 53.5 Å². The molecule has 1 unspecified atom stereocenters. The first-order valence-electron chi connectivity index (χ1n) is 9.92. The molecule has 0 saturated carbocycles. The zero-order valence-corrected chi connectivity index (χ0v) is 20.0. The number of thioether (sulfide) groups is 1. The van der Waals surface area contributed by atoms with E-state index in [1.54, 1.807) is 16.7 Å². The number of nitrogens with one attached hydrogen (secondary N) is 1. The van der Waals surface area contributed by atoms with Crippen molar-refractivity contribution in [2.75, 3.05) is 10.7 Å². The average molecular weight is 512 g/mol. The topological polar surface area (TPSA) is 100 Å². The quantitative estimate of drug-likeness (QED) is 0.380. The SMILES string of the molecule is O=C1CSC(c2ccc(Cl)cc2)N1c1nnc(CN=c2nnc3c([nH]c4ccccc43)s2)s1. The summed E-state index contributed by atoms with van der Waals surface area (Å²) < 4.78 is 0. The van der Waals surface area contributed by atoms with Gasteiger partial charge in [-0.1, -0.05) is 64.6 Å². The smallest absolute Gasteiger partial charge is 0.240 e. The minimum Gasteiger partial charge on any atom is -0.345 e. The highest BCUT2D eigenvalue weighted by Crippen LogP contribution is 2.42. The van der Waals surface area contributed by atoms with Crippen molar-refractivity contribution in [1.82, 2.24) is 25.4 Å². The molecule has 1 fully saturated rings. The van der Waals surface area contributed by atoms with Gasteiger partial charge in [0.1, 0.15) is 20.7 Å². The van der Waals surface area contributed by atoms with E-state index in [-0.39, 0.29) is 11.3 Å². The van der Waals surface area contributed by atoms with Crippen molar-refractivity contribution in [2.45, 2.75) is 11.9 Å². The summed E-state index contributed by atoms with van der Waals surface area (Å²) in [6.07, 6.45) is 0. The third kappa shape index (κ3) is 3.90. The Hall–Kier alpha value is -2.86. The van der Waals surface area contributed by atoms with Gasteiger partial charge in [0.2, 0.25) is 15.8 Å². The van der Waals surface area contributed by atoms with Crippen LogP contribution in [0.3, 0.4) is 0 Å². The zero-order valence-electron chi connectivity index (χ0n) is 16.8. The van der Waals surface area contributed by atoms with Gasteiger partial charge in [0.15, 0.2) is 0 Å². The second kappa shape index (κ2) is 8.49. The highest BCUT2D eigenvalue weighted by molar-refractivity contribution is 8.00. The maximum absolute atomic E-state index is 12.6. The lowest BCUT2D eigenvalue weighted by Crippen LogP contribution is -2.27. The lowest BCUT2D eigenvalue weighted by Gasteiger charge is -2.20. The van der Waals surface area contributed by atoms with Crippen molar-refractivity contribution in [3.63, 3.8) is 0 Å². The minimum absolute atomic E-state index is 0.0111. The molecular weight excluding hydrogens is 498 g/mol. The Morgan fingerprint density at radius 1 is 1.06 bits per heavy atom. The van der Waals surface area contributed by atoms with Gasteiger partial charge in [-0.2, -0.15) is 0 Å². The van der Waals surface area contributed by atoms with Gasteiger partial charge in [0, 0.05) is 15.9 Å². The molecular formula is C21H14ClN7OS3. The van der Waals surface area contributed by atoms with Gasteiger partial charge >= 0.3 is 0 Å². The molecule has 33 heavy (non-hydrogen) atoms. The molecule has 164 valence electrons. The molecule has 2 aromatic carbocycles. The highest BCUT2D eigenvalue weighted by atomic mass is 35.5. The standard InChI is InChI=1S/C21H14ClN7OS3/c22-12-7-5-11(6-8-12)19-29(16(30)10-31-19)21-28-25-15(32-21)9-23-20-27-26-17-13-3-1-2-4-14(13)24-18(17)33-20/h1-8,19,24H,9-10H2. The molecule has 5 aromatic rings. The van der Waals surface area contributed by atoms with Crippen molar-refractivity contribution >= 4 is 78.3 Å². The molecule has 0 spiro atoms. The van der Waals surface area contributed by atoms with E-state index in [0.29, 0.717) is 32.3 Å². The van der Waals surface area contributed by atoms with Crippen LogP contribution in [0, 0.1) is 0 Å². The lowest BCUT2D eigenvalue weighted by atomic mass is 10.2. The molecule has 1 aliphatic heterocycles. The number of para-hydroxylation sites is 1. The monoisotopic (exact) mass is 511 g/mol. The molecule has 6 rings (SSSR count). The molecule has 1 saturated heterocycles. The Bertz CT molecular complexity index is 1560. The van der Waals surface area contributed by atoms with E-state index in [1.165, 1.54) is 22.7 Å². The molecule has 0 radical (unpaired) electrons. The predicted molar refractivity (Wildman–Crippen MR) is 133 cm³/mol. The molecule has 1 N–H and O–H groups in total. The van der Waals surface area contributed by atoms with Gasteiger partial charge in [0.25, 0.3) is 0 Å². The first-order valence-corrected chi connectivity index (χ1v) is 13.0. The molecule has 1 atom stereocenters. The van der Waals surface area contributed by atoms with Gasteiger partial charge in [0.05, 0.1) is 12.3 Å². The Labute approximate surface area is 204 Å². The molecule has 1 amide bonds. The summed E-state index contributed by atoms with van der Waals surface area (Å²) in [6, 6.07) is 15.5. The van der Waals surface area contributed by atoms with Crippen molar-refractivity contribution in [3.8, 4) is 0 Å². The van der Waals surface area contributed by atoms with Gasteiger partial charge in [-0.25, -0.2) is 4.99 Å². The van der Waals surface area contributed by atoms with E-state index >= 15 is 0 Å². The third-order valence-corrected chi connectivity index (χ3v) is 8.37. The van der Waals surface area contributed by atoms with Gasteiger partial charge in [-0.05, 0) is 23.8 Å². The van der Waals surface area contributed by atoms with E-state index in [0.717, 1.165) is 26.8 Å². The average Bonchev–Trinajstić information content (AvgIpc) is 3.54. The number of halogens is 1. The van der Waals surface area contributed by atoms with Crippen molar-refractivity contribution in [3.05, 3.63) is 68.9 Å². The van der Waals surface area contributed by atoms with Crippen LogP contribution in [0.5, 0.6) is 0 Å². The number of rotatable bonds is 4. The minimum atomic E-state index is -0.148. The highest BCUT2D eigenvalue weighted by Gasteiger charge is 2.36. The Morgan fingerprint density at radius 3 is 2.79 bits per heavy atom. The number of anilines is 1. The summed E-state index contributed by atoms with van der Waals surface area (Å²) in [7, 11) is 0. The normalized spacial score (nSPS) is 17.0. The first-order chi connectivity index (χ1) is 16.2. The molecule has 12 heteroatoms. The third-order valence-electron chi connectivity index (χ3n) is 5.11. The number of H-pyrrole nitrogens is 1. The van der Waals surface area contributed by atoms with Crippen LogP contribution in [-0.4, -0.2) is 37.0 Å². The molecule has 4 heterocycles. The predicted octanol–water partition coefficient (Wildman–Crippen LogP) is 4.56. The van der Waals surface area contributed by atoms with Gasteiger partial charge < -0.3 is 4.98 Å². The number of aromatic nitrogens is 5. The van der Waals surface area contributed by atoms with E-state index in [9.17, 15) is 4.79 Å². The molecule has 0 bridgehead atoms. The first kappa shape index (κ1) is 20.7. The van der Waals surface area contributed by atoms with Crippen LogP contribution >= 0.6 is 46.0 Å². The Kier molecular flexibility index (Phi) is 5.33. The number of nitrogens with zero attached hydrogens (tertiary/aromatic N) is 6. The number of hydrogen-bond donors (Lipinski definition) is 1. The van der Waals surface area contributed by atoms with E-state index in [4.69, 9.17) is 11.6 Å². The zero-order chi connectivity index (χ0) is 22.4. The summed E-state index contributed by atoms with van der Waals surface area (Å²) >= 11 is 10.4. The van der Waals surface area contributed by atoms with Crippen molar-refractivity contribution < 1.29 is 4.79 Å². The number of benzene rings is 2. The summed E-state index contributed by atoms with van der Waals surface area (Å²) in [5.41, 5.74) is 2.86. The number of fused-ring (bicyclic) bond motifs is 3. The molecule has 8 nitrogen and oxygen atoms in total. The fourth-order valence-electron chi connectivity index (χ4n) is 3.59.